The van der Waals surface area contributed by atoms with E-state index in [0.717, 1.165) is 37.9 Å². The van der Waals surface area contributed by atoms with Crippen molar-refractivity contribution in [1.82, 2.24) is 14.8 Å². The van der Waals surface area contributed by atoms with Gasteiger partial charge >= 0.3 is 0 Å². The third-order valence-electron chi connectivity index (χ3n) is 2.66. The summed E-state index contributed by atoms with van der Waals surface area (Å²) < 4.78 is 1.99. The van der Waals surface area contributed by atoms with E-state index >= 15 is 0 Å². The number of nitrogens with zero attached hydrogens (tertiary/aromatic N) is 3. The largest absolute Gasteiger partial charge is 0.248 e. The summed E-state index contributed by atoms with van der Waals surface area (Å²) in [4.78, 5) is 4.29. The highest BCUT2D eigenvalue weighted by Crippen LogP contribution is 2.14. The molecular formula is C12H22ClN3. The van der Waals surface area contributed by atoms with Gasteiger partial charge in [-0.25, -0.2) is 9.67 Å². The lowest BCUT2D eigenvalue weighted by atomic mass is 10.1. The molecule has 4 heteroatoms. The maximum atomic E-state index is 6.18. The molecule has 0 spiro atoms. The predicted molar refractivity (Wildman–Crippen MR) is 67.9 cm³/mol. The van der Waals surface area contributed by atoms with E-state index < -0.39 is 0 Å². The van der Waals surface area contributed by atoms with E-state index in [4.69, 9.17) is 11.6 Å². The maximum absolute atomic E-state index is 6.18. The maximum Gasteiger partial charge on any atom is 0.138 e. The van der Waals surface area contributed by atoms with E-state index in [9.17, 15) is 0 Å². The Morgan fingerprint density at radius 2 is 2.12 bits per heavy atom. The van der Waals surface area contributed by atoms with E-state index in [1.54, 1.807) is 6.33 Å². The first-order chi connectivity index (χ1) is 7.65. The minimum atomic E-state index is 0.320. The monoisotopic (exact) mass is 243 g/mol. The second-order valence-electron chi connectivity index (χ2n) is 4.49. The minimum absolute atomic E-state index is 0.320. The Hall–Kier alpha value is -0.570. The van der Waals surface area contributed by atoms with Crippen molar-refractivity contribution in [3.8, 4) is 0 Å². The number of alkyl halides is 1. The molecule has 1 aromatic heterocycles. The highest BCUT2D eigenvalue weighted by atomic mass is 35.5. The Balaban J connectivity index is 2.34. The van der Waals surface area contributed by atoms with Crippen molar-refractivity contribution in [2.24, 2.45) is 0 Å². The van der Waals surface area contributed by atoms with Crippen LogP contribution in [0.1, 0.15) is 58.3 Å². The van der Waals surface area contributed by atoms with Gasteiger partial charge in [0, 0.05) is 17.8 Å². The second-order valence-corrected chi connectivity index (χ2v) is 5.11. The summed E-state index contributed by atoms with van der Waals surface area (Å²) in [5.41, 5.74) is 0. The van der Waals surface area contributed by atoms with Crippen molar-refractivity contribution in [2.75, 3.05) is 0 Å². The van der Waals surface area contributed by atoms with E-state index in [0.29, 0.717) is 11.4 Å². The summed E-state index contributed by atoms with van der Waals surface area (Å²) in [6.45, 7) is 6.42. The van der Waals surface area contributed by atoms with Crippen LogP contribution >= 0.6 is 11.6 Å². The van der Waals surface area contributed by atoms with Gasteiger partial charge in [-0.1, -0.05) is 13.3 Å². The van der Waals surface area contributed by atoms with Crippen LogP contribution in [0.4, 0.5) is 0 Å². The number of aryl methyl sites for hydroxylation is 1. The molecule has 1 unspecified atom stereocenters. The van der Waals surface area contributed by atoms with E-state index in [-0.39, 0.29) is 0 Å². The Kier molecular flexibility index (Phi) is 5.81. The van der Waals surface area contributed by atoms with Crippen molar-refractivity contribution in [2.45, 2.75) is 64.3 Å². The molecule has 0 aliphatic rings. The average Bonchev–Trinajstić information content (AvgIpc) is 2.66. The van der Waals surface area contributed by atoms with Gasteiger partial charge in [0.2, 0.25) is 0 Å². The van der Waals surface area contributed by atoms with Crippen LogP contribution in [0.5, 0.6) is 0 Å². The molecule has 0 amide bonds. The van der Waals surface area contributed by atoms with Gasteiger partial charge in [-0.15, -0.1) is 11.6 Å². The molecule has 92 valence electrons. The van der Waals surface area contributed by atoms with Crippen LogP contribution in [0.25, 0.3) is 0 Å². The molecule has 3 nitrogen and oxygen atoms in total. The lowest BCUT2D eigenvalue weighted by molar-refractivity contribution is 0.496. The fourth-order valence-electron chi connectivity index (χ4n) is 1.82. The zero-order chi connectivity index (χ0) is 12.0. The normalized spacial score (nSPS) is 13.3. The first-order valence-electron chi connectivity index (χ1n) is 6.17. The Morgan fingerprint density at radius 1 is 1.38 bits per heavy atom. The van der Waals surface area contributed by atoms with Crippen LogP contribution in [0, 0.1) is 0 Å². The molecule has 0 aliphatic carbocycles. The standard InChI is InChI=1S/C12H22ClN3/c1-4-6-11(13)7-5-8-12-14-9-15-16(12)10(2)3/h9-11H,4-8H2,1-3H3. The summed E-state index contributed by atoms with van der Waals surface area (Å²) in [7, 11) is 0. The van der Waals surface area contributed by atoms with Crippen molar-refractivity contribution >= 4 is 11.6 Å². The summed E-state index contributed by atoms with van der Waals surface area (Å²) in [5, 5.41) is 4.54. The molecule has 0 aromatic carbocycles. The van der Waals surface area contributed by atoms with Crippen LogP contribution in [0.2, 0.25) is 0 Å². The molecule has 0 fully saturated rings. The van der Waals surface area contributed by atoms with Gasteiger partial charge in [-0.3, -0.25) is 0 Å². The molecule has 0 bridgehead atoms. The molecule has 0 saturated carbocycles. The number of halogens is 1. The van der Waals surface area contributed by atoms with Crippen LogP contribution in [-0.2, 0) is 6.42 Å². The third-order valence-corrected chi connectivity index (χ3v) is 3.09. The molecule has 1 rings (SSSR count). The smallest absolute Gasteiger partial charge is 0.138 e. The topological polar surface area (TPSA) is 30.7 Å². The van der Waals surface area contributed by atoms with Crippen molar-refractivity contribution < 1.29 is 0 Å². The molecule has 16 heavy (non-hydrogen) atoms. The van der Waals surface area contributed by atoms with E-state index in [1.165, 1.54) is 0 Å². The summed E-state index contributed by atoms with van der Waals surface area (Å²) in [6, 6.07) is 0.389. The van der Waals surface area contributed by atoms with Gasteiger partial charge in [0.1, 0.15) is 12.2 Å². The van der Waals surface area contributed by atoms with Crippen molar-refractivity contribution in [3.63, 3.8) is 0 Å². The van der Waals surface area contributed by atoms with Crippen molar-refractivity contribution in [1.29, 1.82) is 0 Å². The number of rotatable bonds is 7. The van der Waals surface area contributed by atoms with Crippen LogP contribution in [-0.4, -0.2) is 20.1 Å². The van der Waals surface area contributed by atoms with Gasteiger partial charge in [0.05, 0.1) is 0 Å². The average molecular weight is 244 g/mol. The number of hydrogen-bond acceptors (Lipinski definition) is 2. The third kappa shape index (κ3) is 4.12. The molecule has 0 aliphatic heterocycles. The second kappa shape index (κ2) is 6.89. The zero-order valence-corrected chi connectivity index (χ0v) is 11.2. The minimum Gasteiger partial charge on any atom is -0.248 e. The quantitative estimate of drug-likeness (QED) is 0.686. The first kappa shape index (κ1) is 13.5. The van der Waals surface area contributed by atoms with E-state index in [2.05, 4.69) is 30.9 Å². The molecule has 1 atom stereocenters. The van der Waals surface area contributed by atoms with Crippen LogP contribution < -0.4 is 0 Å². The molecule has 0 N–H and O–H groups in total. The predicted octanol–water partition coefficient (Wildman–Crippen LogP) is 3.59. The fourth-order valence-corrected chi connectivity index (χ4v) is 2.20. The summed E-state index contributed by atoms with van der Waals surface area (Å²) in [6.07, 6.45) is 7.05. The summed E-state index contributed by atoms with van der Waals surface area (Å²) in [5.74, 6) is 1.08. The van der Waals surface area contributed by atoms with Gasteiger partial charge < -0.3 is 0 Å². The highest BCUT2D eigenvalue weighted by Gasteiger charge is 2.08. The lowest BCUT2D eigenvalue weighted by Crippen LogP contribution is -2.09. The number of hydrogen-bond donors (Lipinski definition) is 0. The molecule has 0 saturated heterocycles. The van der Waals surface area contributed by atoms with Gasteiger partial charge in [0.15, 0.2) is 0 Å². The molecule has 1 heterocycles. The first-order valence-corrected chi connectivity index (χ1v) is 6.61. The summed E-state index contributed by atoms with van der Waals surface area (Å²) >= 11 is 6.18. The zero-order valence-electron chi connectivity index (χ0n) is 10.5. The number of aromatic nitrogens is 3. The van der Waals surface area contributed by atoms with Gasteiger partial charge in [-0.2, -0.15) is 5.10 Å². The Morgan fingerprint density at radius 3 is 2.75 bits per heavy atom. The van der Waals surface area contributed by atoms with Crippen molar-refractivity contribution in [3.05, 3.63) is 12.2 Å². The van der Waals surface area contributed by atoms with E-state index in [1.807, 2.05) is 4.68 Å². The Labute approximate surface area is 103 Å². The molecular weight excluding hydrogens is 222 g/mol. The van der Waals surface area contributed by atoms with Gasteiger partial charge in [0.25, 0.3) is 0 Å². The van der Waals surface area contributed by atoms with Crippen LogP contribution in [0.15, 0.2) is 6.33 Å². The Bertz CT molecular complexity index is 296. The lowest BCUT2D eigenvalue weighted by Gasteiger charge is -2.10. The molecule has 1 aromatic rings. The highest BCUT2D eigenvalue weighted by molar-refractivity contribution is 6.20. The van der Waals surface area contributed by atoms with Crippen LogP contribution in [0.3, 0.4) is 0 Å². The van der Waals surface area contributed by atoms with Gasteiger partial charge in [-0.05, 0) is 33.1 Å². The SMILES string of the molecule is CCCC(Cl)CCCc1ncnn1C(C)C. The fraction of sp³-hybridized carbons (Fsp3) is 0.833. The molecule has 0 radical (unpaired) electrons.